The van der Waals surface area contributed by atoms with Gasteiger partial charge in [0.05, 0.1) is 9.95 Å². The Morgan fingerprint density at radius 2 is 2.05 bits per heavy atom. The molecule has 0 bridgehead atoms. The summed E-state index contributed by atoms with van der Waals surface area (Å²) >= 11 is 11.9. The molecule has 0 aromatic heterocycles. The van der Waals surface area contributed by atoms with E-state index < -0.39 is 4.92 Å². The van der Waals surface area contributed by atoms with Gasteiger partial charge in [0.1, 0.15) is 18.0 Å². The zero-order chi connectivity index (χ0) is 15.4. The average molecular weight is 327 g/mol. The molecule has 0 unspecified atom stereocenters. The molecule has 21 heavy (non-hydrogen) atoms. The van der Waals surface area contributed by atoms with Crippen LogP contribution < -0.4 is 10.1 Å². The van der Waals surface area contributed by atoms with Crippen molar-refractivity contribution < 1.29 is 9.66 Å². The van der Waals surface area contributed by atoms with Crippen molar-refractivity contribution in [3.8, 4) is 5.75 Å². The summed E-state index contributed by atoms with van der Waals surface area (Å²) < 4.78 is 5.60. The summed E-state index contributed by atoms with van der Waals surface area (Å²) in [5.74, 6) is 0.428. The molecule has 0 aliphatic rings. The van der Waals surface area contributed by atoms with Gasteiger partial charge in [-0.05, 0) is 12.1 Å². The fourth-order valence-electron chi connectivity index (χ4n) is 1.89. The Hall–Kier alpha value is -1.98. The fourth-order valence-corrected chi connectivity index (χ4v) is 2.23. The molecule has 0 atom stereocenters. The zero-order valence-corrected chi connectivity index (χ0v) is 12.6. The van der Waals surface area contributed by atoms with Crippen molar-refractivity contribution in [1.82, 2.24) is 0 Å². The van der Waals surface area contributed by atoms with Crippen LogP contribution in [0.15, 0.2) is 36.4 Å². The van der Waals surface area contributed by atoms with Crippen molar-refractivity contribution >= 4 is 34.6 Å². The Morgan fingerprint density at radius 3 is 2.71 bits per heavy atom. The van der Waals surface area contributed by atoms with Gasteiger partial charge >= 0.3 is 0 Å². The predicted octanol–water partition coefficient (Wildman–Crippen LogP) is 4.52. The Balaban J connectivity index is 2.26. The number of hydrogen-bond acceptors (Lipinski definition) is 4. The summed E-state index contributed by atoms with van der Waals surface area (Å²) in [6.07, 6.45) is 0. The Bertz CT molecular complexity index is 677. The molecule has 0 heterocycles. The molecule has 0 saturated heterocycles. The van der Waals surface area contributed by atoms with E-state index in [1.165, 1.54) is 6.07 Å². The van der Waals surface area contributed by atoms with Crippen LogP contribution in [0.5, 0.6) is 5.75 Å². The molecule has 2 aromatic carbocycles. The highest BCUT2D eigenvalue weighted by Crippen LogP contribution is 2.31. The Morgan fingerprint density at radius 1 is 1.29 bits per heavy atom. The van der Waals surface area contributed by atoms with E-state index in [0.29, 0.717) is 27.0 Å². The van der Waals surface area contributed by atoms with Gasteiger partial charge in [-0.15, -0.1) is 0 Å². The zero-order valence-electron chi connectivity index (χ0n) is 11.1. The number of halogens is 2. The summed E-state index contributed by atoms with van der Waals surface area (Å²) in [7, 11) is 1.62. The third-order valence-electron chi connectivity index (χ3n) is 2.85. The first-order chi connectivity index (χ1) is 10.0. The molecule has 0 aliphatic carbocycles. The lowest BCUT2D eigenvalue weighted by molar-refractivity contribution is -0.384. The number of nitrogens with one attached hydrogen (secondary N) is 1. The molecule has 0 fully saturated rings. The van der Waals surface area contributed by atoms with Gasteiger partial charge in [0, 0.05) is 29.8 Å². The van der Waals surface area contributed by atoms with Crippen LogP contribution in [0.25, 0.3) is 0 Å². The first kappa shape index (κ1) is 15.4. The number of nitro groups is 1. The fraction of sp³-hybridized carbons (Fsp3) is 0.143. The van der Waals surface area contributed by atoms with Crippen LogP contribution in [0.4, 0.5) is 11.4 Å². The number of para-hydroxylation sites is 1. The van der Waals surface area contributed by atoms with Gasteiger partial charge in [-0.2, -0.15) is 0 Å². The molecule has 110 valence electrons. The first-order valence-electron chi connectivity index (χ1n) is 6.05. The third kappa shape index (κ3) is 3.56. The summed E-state index contributed by atoms with van der Waals surface area (Å²) in [6, 6.07) is 9.67. The number of benzene rings is 2. The maximum absolute atomic E-state index is 11.0. The van der Waals surface area contributed by atoms with E-state index in [0.717, 1.165) is 0 Å². The molecule has 0 radical (unpaired) electrons. The minimum absolute atomic E-state index is 0.00390. The highest BCUT2D eigenvalue weighted by Gasteiger charge is 2.16. The molecular weight excluding hydrogens is 315 g/mol. The molecule has 7 heteroatoms. The summed E-state index contributed by atoms with van der Waals surface area (Å²) in [5.41, 5.74) is 1.07. The molecule has 2 rings (SSSR count). The topological polar surface area (TPSA) is 64.4 Å². The number of rotatable bonds is 5. The number of hydrogen-bond donors (Lipinski definition) is 1. The second-order valence-corrected chi connectivity index (χ2v) is 5.03. The lowest BCUT2D eigenvalue weighted by atomic mass is 10.1. The SMILES string of the molecule is CNc1c(COc2cc(Cl)ccc2Cl)cccc1[N+](=O)[O-]. The normalized spacial score (nSPS) is 10.2. The van der Waals surface area contributed by atoms with Crippen LogP contribution >= 0.6 is 23.2 Å². The summed E-state index contributed by atoms with van der Waals surface area (Å²) in [5, 5.41) is 14.7. The van der Waals surface area contributed by atoms with E-state index in [1.54, 1.807) is 37.4 Å². The summed E-state index contributed by atoms with van der Waals surface area (Å²) in [6.45, 7) is 0.137. The molecular formula is C14H12Cl2N2O3. The smallest absolute Gasteiger partial charge is 0.292 e. The lowest BCUT2D eigenvalue weighted by Crippen LogP contribution is -2.04. The first-order valence-corrected chi connectivity index (χ1v) is 6.80. The van der Waals surface area contributed by atoms with Crippen molar-refractivity contribution in [2.24, 2.45) is 0 Å². The Labute approximate surface area is 131 Å². The summed E-state index contributed by atoms with van der Waals surface area (Å²) in [4.78, 5) is 10.5. The van der Waals surface area contributed by atoms with E-state index in [2.05, 4.69) is 5.32 Å². The van der Waals surface area contributed by atoms with Crippen LogP contribution in [0.3, 0.4) is 0 Å². The van der Waals surface area contributed by atoms with Crippen molar-refractivity contribution in [1.29, 1.82) is 0 Å². The molecule has 0 aliphatic heterocycles. The molecule has 0 spiro atoms. The van der Waals surface area contributed by atoms with Crippen molar-refractivity contribution in [2.45, 2.75) is 6.61 Å². The van der Waals surface area contributed by atoms with Gasteiger partial charge in [-0.1, -0.05) is 35.3 Å². The largest absolute Gasteiger partial charge is 0.487 e. The monoisotopic (exact) mass is 326 g/mol. The molecule has 1 N–H and O–H groups in total. The van der Waals surface area contributed by atoms with Crippen molar-refractivity contribution in [2.75, 3.05) is 12.4 Å². The number of nitrogens with zero attached hydrogens (tertiary/aromatic N) is 1. The maximum atomic E-state index is 11.0. The van der Waals surface area contributed by atoms with Crippen LogP contribution in [0.2, 0.25) is 10.0 Å². The number of nitro benzene ring substituents is 1. The average Bonchev–Trinajstić information content (AvgIpc) is 2.47. The highest BCUT2D eigenvalue weighted by molar-refractivity contribution is 6.34. The lowest BCUT2D eigenvalue weighted by Gasteiger charge is -2.12. The van der Waals surface area contributed by atoms with E-state index >= 15 is 0 Å². The van der Waals surface area contributed by atoms with Crippen LogP contribution in [0.1, 0.15) is 5.56 Å². The van der Waals surface area contributed by atoms with E-state index in [-0.39, 0.29) is 12.3 Å². The van der Waals surface area contributed by atoms with Gasteiger partial charge in [0.2, 0.25) is 0 Å². The van der Waals surface area contributed by atoms with Crippen molar-refractivity contribution in [3.05, 3.63) is 62.1 Å². The van der Waals surface area contributed by atoms with E-state index in [9.17, 15) is 10.1 Å². The van der Waals surface area contributed by atoms with E-state index in [1.807, 2.05) is 0 Å². The predicted molar refractivity (Wildman–Crippen MR) is 83.4 cm³/mol. The van der Waals surface area contributed by atoms with Gasteiger partial charge in [-0.3, -0.25) is 10.1 Å². The van der Waals surface area contributed by atoms with Crippen LogP contribution in [-0.4, -0.2) is 12.0 Å². The minimum atomic E-state index is -0.443. The third-order valence-corrected chi connectivity index (χ3v) is 3.40. The van der Waals surface area contributed by atoms with Gasteiger partial charge in [-0.25, -0.2) is 0 Å². The number of anilines is 1. The minimum Gasteiger partial charge on any atom is -0.487 e. The second-order valence-electron chi connectivity index (χ2n) is 4.18. The maximum Gasteiger partial charge on any atom is 0.292 e. The molecule has 5 nitrogen and oxygen atoms in total. The molecule has 0 saturated carbocycles. The van der Waals surface area contributed by atoms with Crippen molar-refractivity contribution in [3.63, 3.8) is 0 Å². The quantitative estimate of drug-likeness (QED) is 0.648. The highest BCUT2D eigenvalue weighted by atomic mass is 35.5. The van der Waals surface area contributed by atoms with Crippen LogP contribution in [-0.2, 0) is 6.61 Å². The van der Waals surface area contributed by atoms with Gasteiger partial charge < -0.3 is 10.1 Å². The van der Waals surface area contributed by atoms with Gasteiger partial charge in [0.25, 0.3) is 5.69 Å². The standard InChI is InChI=1S/C14H12Cl2N2O3/c1-17-14-9(3-2-4-12(14)18(19)20)8-21-13-7-10(15)5-6-11(13)16/h2-7,17H,8H2,1H3. The van der Waals surface area contributed by atoms with E-state index in [4.69, 9.17) is 27.9 Å². The number of ether oxygens (including phenoxy) is 1. The Kier molecular flexibility index (Phi) is 4.88. The molecule has 2 aromatic rings. The van der Waals surface area contributed by atoms with Gasteiger partial charge in [0.15, 0.2) is 0 Å². The molecule has 0 amide bonds. The van der Waals surface area contributed by atoms with Crippen LogP contribution in [0, 0.1) is 10.1 Å². The second kappa shape index (κ2) is 6.65.